The van der Waals surface area contributed by atoms with Gasteiger partial charge in [-0.25, -0.2) is 13.1 Å². The minimum absolute atomic E-state index is 0.109. The van der Waals surface area contributed by atoms with Crippen LogP contribution in [0.2, 0.25) is 0 Å². The number of pyridine rings is 1. The lowest BCUT2D eigenvalue weighted by atomic mass is 10.2. The summed E-state index contributed by atoms with van der Waals surface area (Å²) in [5, 5.41) is 0.939. The van der Waals surface area contributed by atoms with Gasteiger partial charge in [-0.15, -0.1) is 0 Å². The van der Waals surface area contributed by atoms with E-state index in [0.29, 0.717) is 5.56 Å². The Bertz CT molecular complexity index is 855. The molecule has 0 saturated heterocycles. The molecule has 2 aromatic rings. The van der Waals surface area contributed by atoms with Crippen LogP contribution in [0.25, 0.3) is 6.08 Å². The maximum absolute atomic E-state index is 11.8. The van der Waals surface area contributed by atoms with Gasteiger partial charge in [0.25, 0.3) is 15.6 Å². The van der Waals surface area contributed by atoms with E-state index in [1.54, 1.807) is 42.6 Å². The second-order valence-corrected chi connectivity index (χ2v) is 6.33. The number of amides is 1. The van der Waals surface area contributed by atoms with Crippen molar-refractivity contribution in [1.82, 2.24) is 9.29 Å². The summed E-state index contributed by atoms with van der Waals surface area (Å²) in [6, 6.07) is 13.5. The van der Waals surface area contributed by atoms with Gasteiger partial charge in [-0.2, -0.15) is 0 Å². The second-order valence-electron chi connectivity index (χ2n) is 4.77. The Hall–Kier alpha value is -2.67. The number of sulfonamides is 1. The number of aryl methyl sites for hydroxylation is 1. The number of aromatic nitrogens is 1. The van der Waals surface area contributed by atoms with Crippen LogP contribution in [0, 0.1) is 0 Å². The lowest BCUT2D eigenvalue weighted by Crippen LogP contribution is -2.30. The first-order valence-corrected chi connectivity index (χ1v) is 8.45. The number of carbonyl (C=O) groups is 1. The largest absolute Gasteiger partial charge is 0.315 e. The Morgan fingerprint density at radius 2 is 1.78 bits per heavy atom. The van der Waals surface area contributed by atoms with Crippen LogP contribution in [0.5, 0.6) is 0 Å². The van der Waals surface area contributed by atoms with Crippen LogP contribution in [0.4, 0.5) is 0 Å². The standard InChI is InChI=1S/C16H16N2O4S/c19-15(9-12-18-11-5-4-8-16(18)20)17-23(21,22)13-10-14-6-2-1-3-7-14/h1-8,10-11,13H,9,12H2,(H,17,19). The molecule has 23 heavy (non-hydrogen) atoms. The molecule has 0 fully saturated rings. The van der Waals surface area contributed by atoms with E-state index in [1.807, 2.05) is 10.8 Å². The third-order valence-corrected chi connectivity index (χ3v) is 3.98. The highest BCUT2D eigenvalue weighted by Gasteiger charge is 2.11. The molecule has 0 aliphatic carbocycles. The van der Waals surface area contributed by atoms with E-state index in [2.05, 4.69) is 0 Å². The molecule has 0 aliphatic heterocycles. The summed E-state index contributed by atoms with van der Waals surface area (Å²) < 4.78 is 26.9. The summed E-state index contributed by atoms with van der Waals surface area (Å²) in [5.74, 6) is -0.668. The number of benzene rings is 1. The predicted octanol–water partition coefficient (Wildman–Crippen LogP) is 1.36. The van der Waals surface area contributed by atoms with Crippen molar-refractivity contribution in [3.63, 3.8) is 0 Å². The normalized spacial score (nSPS) is 11.5. The summed E-state index contributed by atoms with van der Waals surface area (Å²) in [4.78, 5) is 23.2. The van der Waals surface area contributed by atoms with Gasteiger partial charge >= 0.3 is 0 Å². The molecule has 1 aromatic heterocycles. The average molecular weight is 332 g/mol. The molecule has 2 rings (SSSR count). The topological polar surface area (TPSA) is 85.2 Å². The second kappa shape index (κ2) is 7.55. The van der Waals surface area contributed by atoms with Crippen molar-refractivity contribution in [2.45, 2.75) is 13.0 Å². The third-order valence-electron chi connectivity index (χ3n) is 2.97. The van der Waals surface area contributed by atoms with Gasteiger partial charge in [0.05, 0.1) is 5.41 Å². The van der Waals surface area contributed by atoms with Gasteiger partial charge in [-0.3, -0.25) is 9.59 Å². The van der Waals surface area contributed by atoms with Crippen LogP contribution in [0.3, 0.4) is 0 Å². The van der Waals surface area contributed by atoms with E-state index < -0.39 is 15.9 Å². The van der Waals surface area contributed by atoms with Crippen molar-refractivity contribution < 1.29 is 13.2 Å². The minimum Gasteiger partial charge on any atom is -0.315 e. The van der Waals surface area contributed by atoms with Gasteiger partial charge in [0.1, 0.15) is 0 Å². The van der Waals surface area contributed by atoms with E-state index in [4.69, 9.17) is 0 Å². The van der Waals surface area contributed by atoms with Crippen LogP contribution in [-0.4, -0.2) is 18.9 Å². The number of nitrogens with one attached hydrogen (secondary N) is 1. The lowest BCUT2D eigenvalue weighted by molar-refractivity contribution is -0.119. The fourth-order valence-corrected chi connectivity index (χ4v) is 2.67. The van der Waals surface area contributed by atoms with Crippen molar-refractivity contribution in [2.24, 2.45) is 0 Å². The van der Waals surface area contributed by atoms with Crippen molar-refractivity contribution in [1.29, 1.82) is 0 Å². The molecular formula is C16H16N2O4S. The fourth-order valence-electron chi connectivity index (χ4n) is 1.84. The summed E-state index contributed by atoms with van der Waals surface area (Å²) >= 11 is 0. The molecule has 0 bridgehead atoms. The van der Waals surface area contributed by atoms with Gasteiger partial charge in [-0.1, -0.05) is 36.4 Å². The zero-order valence-electron chi connectivity index (χ0n) is 12.3. The van der Waals surface area contributed by atoms with Crippen molar-refractivity contribution in [3.05, 3.63) is 76.1 Å². The van der Waals surface area contributed by atoms with Gasteiger partial charge in [0, 0.05) is 25.2 Å². The zero-order valence-corrected chi connectivity index (χ0v) is 13.1. The summed E-state index contributed by atoms with van der Waals surface area (Å²) in [6.07, 6.45) is 2.83. The molecular weight excluding hydrogens is 316 g/mol. The quantitative estimate of drug-likeness (QED) is 0.865. The summed E-state index contributed by atoms with van der Waals surface area (Å²) in [5.41, 5.74) is 0.466. The van der Waals surface area contributed by atoms with E-state index in [-0.39, 0.29) is 18.5 Å². The first-order chi connectivity index (χ1) is 11.0. The molecule has 0 saturated carbocycles. The van der Waals surface area contributed by atoms with Gasteiger partial charge in [0.2, 0.25) is 5.91 Å². The fraction of sp³-hybridized carbons (Fsp3) is 0.125. The van der Waals surface area contributed by atoms with Crippen LogP contribution < -0.4 is 10.3 Å². The Morgan fingerprint density at radius 1 is 1.09 bits per heavy atom. The first kappa shape index (κ1) is 16.7. The van der Waals surface area contributed by atoms with E-state index in [1.165, 1.54) is 16.7 Å². The van der Waals surface area contributed by atoms with Crippen LogP contribution >= 0.6 is 0 Å². The highest BCUT2D eigenvalue weighted by molar-refractivity contribution is 7.93. The number of rotatable bonds is 6. The van der Waals surface area contributed by atoms with E-state index >= 15 is 0 Å². The molecule has 0 atom stereocenters. The SMILES string of the molecule is O=C(CCn1ccccc1=O)NS(=O)(=O)C=Cc1ccccc1. The van der Waals surface area contributed by atoms with Gasteiger partial charge in [-0.05, 0) is 17.7 Å². The van der Waals surface area contributed by atoms with Crippen molar-refractivity contribution >= 4 is 22.0 Å². The first-order valence-electron chi connectivity index (χ1n) is 6.90. The molecule has 0 aliphatic rings. The maximum Gasteiger partial charge on any atom is 0.257 e. The predicted molar refractivity (Wildman–Crippen MR) is 87.9 cm³/mol. The third kappa shape index (κ3) is 5.55. The molecule has 1 heterocycles. The van der Waals surface area contributed by atoms with Crippen LogP contribution in [0.1, 0.15) is 12.0 Å². The lowest BCUT2D eigenvalue weighted by Gasteiger charge is -2.05. The smallest absolute Gasteiger partial charge is 0.257 e. The van der Waals surface area contributed by atoms with Crippen LogP contribution in [-0.2, 0) is 21.4 Å². The summed E-state index contributed by atoms with van der Waals surface area (Å²) in [6.45, 7) is 0.115. The van der Waals surface area contributed by atoms with Crippen molar-refractivity contribution in [3.8, 4) is 0 Å². The van der Waals surface area contributed by atoms with Crippen molar-refractivity contribution in [2.75, 3.05) is 0 Å². The molecule has 7 heteroatoms. The molecule has 0 unspecified atom stereocenters. The maximum atomic E-state index is 11.8. The Balaban J connectivity index is 1.92. The molecule has 120 valence electrons. The minimum atomic E-state index is -3.86. The molecule has 1 N–H and O–H groups in total. The Kier molecular flexibility index (Phi) is 5.48. The molecule has 0 radical (unpaired) electrons. The number of carbonyl (C=O) groups excluding carboxylic acids is 1. The highest BCUT2D eigenvalue weighted by atomic mass is 32.2. The number of hydrogen-bond acceptors (Lipinski definition) is 4. The summed E-state index contributed by atoms with van der Waals surface area (Å²) in [7, 11) is -3.86. The number of nitrogens with zero attached hydrogens (tertiary/aromatic N) is 1. The van der Waals surface area contributed by atoms with E-state index in [0.717, 1.165) is 5.41 Å². The van der Waals surface area contributed by atoms with Crippen LogP contribution in [0.15, 0.2) is 64.9 Å². The molecule has 6 nitrogen and oxygen atoms in total. The number of hydrogen-bond donors (Lipinski definition) is 1. The Morgan fingerprint density at radius 3 is 2.48 bits per heavy atom. The van der Waals surface area contributed by atoms with Gasteiger partial charge < -0.3 is 4.57 Å². The molecule has 1 amide bonds. The average Bonchev–Trinajstić information content (AvgIpc) is 2.53. The van der Waals surface area contributed by atoms with E-state index in [9.17, 15) is 18.0 Å². The monoisotopic (exact) mass is 332 g/mol. The zero-order chi connectivity index (χ0) is 16.7. The highest BCUT2D eigenvalue weighted by Crippen LogP contribution is 2.03. The van der Waals surface area contributed by atoms with Gasteiger partial charge in [0.15, 0.2) is 0 Å². The molecule has 0 spiro atoms. The Labute approximate surface area is 134 Å². The molecule has 1 aromatic carbocycles.